The van der Waals surface area contributed by atoms with Crippen LogP contribution in [0.2, 0.25) is 0 Å². The molecule has 0 fully saturated rings. The number of aromatic nitrogens is 2. The number of benzene rings is 5. The van der Waals surface area contributed by atoms with Gasteiger partial charge >= 0.3 is 0 Å². The molecule has 0 unspecified atom stereocenters. The molecule has 0 bridgehead atoms. The molecule has 3 nitrogen and oxygen atoms in total. The van der Waals surface area contributed by atoms with E-state index in [0.29, 0.717) is 0 Å². The molecule has 3 heteroatoms. The first-order valence-corrected chi connectivity index (χ1v) is 11.0. The first kappa shape index (κ1) is 18.1. The Hall–Kier alpha value is -4.50. The second kappa shape index (κ2) is 7.01. The van der Waals surface area contributed by atoms with Crippen LogP contribution in [-0.4, -0.2) is 9.97 Å². The lowest BCUT2D eigenvalue weighted by Gasteiger charge is -2.10. The monoisotopic (exact) mass is 422 g/mol. The first-order chi connectivity index (χ1) is 16.3. The highest BCUT2D eigenvalue weighted by atomic mass is 16.3. The maximum atomic E-state index is 6.11. The Balaban J connectivity index is 1.45. The van der Waals surface area contributed by atoms with E-state index in [-0.39, 0.29) is 0 Å². The van der Waals surface area contributed by atoms with Crippen LogP contribution >= 0.6 is 0 Å². The molecule has 2 heterocycles. The standard InChI is InChI=1S/C30H18N2O/c1-2-8-19(9-3-1)29-24-11-4-6-12-26(24)31-30(32-29)21-15-14-20-17-25-23-10-5-7-13-27(23)33-28(25)18-22(20)16-21/h1-18H. The van der Waals surface area contributed by atoms with Crippen LogP contribution in [0.1, 0.15) is 0 Å². The molecule has 7 aromatic rings. The summed E-state index contributed by atoms with van der Waals surface area (Å²) < 4.78 is 6.11. The Morgan fingerprint density at radius 2 is 1.27 bits per heavy atom. The number of hydrogen-bond acceptors (Lipinski definition) is 3. The van der Waals surface area contributed by atoms with Crippen molar-refractivity contribution in [2.24, 2.45) is 0 Å². The summed E-state index contributed by atoms with van der Waals surface area (Å²) in [5.74, 6) is 0.721. The third-order valence-corrected chi connectivity index (χ3v) is 6.24. The lowest BCUT2D eigenvalue weighted by atomic mass is 10.0. The molecule has 0 saturated heterocycles. The predicted octanol–water partition coefficient (Wildman–Crippen LogP) is 8.02. The van der Waals surface area contributed by atoms with Crippen molar-refractivity contribution in [2.75, 3.05) is 0 Å². The highest BCUT2D eigenvalue weighted by Gasteiger charge is 2.13. The molecule has 0 aliphatic rings. The number of fused-ring (bicyclic) bond motifs is 5. The van der Waals surface area contributed by atoms with E-state index >= 15 is 0 Å². The van der Waals surface area contributed by atoms with E-state index in [1.165, 1.54) is 5.39 Å². The molecular formula is C30H18N2O. The van der Waals surface area contributed by atoms with E-state index < -0.39 is 0 Å². The molecule has 0 amide bonds. The van der Waals surface area contributed by atoms with Crippen LogP contribution in [0.15, 0.2) is 114 Å². The lowest BCUT2D eigenvalue weighted by molar-refractivity contribution is 0.669. The summed E-state index contributed by atoms with van der Waals surface area (Å²) in [7, 11) is 0. The predicted molar refractivity (Wildman–Crippen MR) is 135 cm³/mol. The van der Waals surface area contributed by atoms with Gasteiger partial charge in [-0.15, -0.1) is 0 Å². The van der Waals surface area contributed by atoms with Gasteiger partial charge in [-0.25, -0.2) is 9.97 Å². The molecule has 0 atom stereocenters. The fourth-order valence-electron chi connectivity index (χ4n) is 4.63. The SMILES string of the molecule is c1ccc(-c2nc(-c3ccc4cc5c(cc4c3)oc3ccccc35)nc3ccccc23)cc1. The van der Waals surface area contributed by atoms with Crippen molar-refractivity contribution >= 4 is 43.6 Å². The molecule has 0 N–H and O–H groups in total. The molecule has 5 aromatic carbocycles. The van der Waals surface area contributed by atoms with Crippen LogP contribution in [0.25, 0.3) is 66.3 Å². The van der Waals surface area contributed by atoms with Gasteiger partial charge in [-0.05, 0) is 41.1 Å². The second-order valence-corrected chi connectivity index (χ2v) is 8.29. The van der Waals surface area contributed by atoms with Crippen molar-refractivity contribution in [2.45, 2.75) is 0 Å². The van der Waals surface area contributed by atoms with Gasteiger partial charge in [-0.1, -0.05) is 78.9 Å². The Bertz CT molecular complexity index is 1820. The van der Waals surface area contributed by atoms with E-state index in [1.54, 1.807) is 0 Å². The van der Waals surface area contributed by atoms with Crippen molar-refractivity contribution in [3.05, 3.63) is 109 Å². The molecule has 0 aliphatic heterocycles. The normalized spacial score (nSPS) is 11.6. The summed E-state index contributed by atoms with van der Waals surface area (Å²) in [5.41, 5.74) is 5.76. The van der Waals surface area contributed by atoms with Crippen LogP contribution in [0, 0.1) is 0 Å². The lowest BCUT2D eigenvalue weighted by Crippen LogP contribution is -1.95. The maximum absolute atomic E-state index is 6.11. The fraction of sp³-hybridized carbons (Fsp3) is 0. The third-order valence-electron chi connectivity index (χ3n) is 6.24. The van der Waals surface area contributed by atoms with E-state index in [2.05, 4.69) is 54.6 Å². The van der Waals surface area contributed by atoms with Gasteiger partial charge in [-0.2, -0.15) is 0 Å². The number of para-hydroxylation sites is 2. The number of rotatable bonds is 2. The Morgan fingerprint density at radius 3 is 2.18 bits per heavy atom. The van der Waals surface area contributed by atoms with E-state index in [0.717, 1.165) is 60.9 Å². The van der Waals surface area contributed by atoms with E-state index in [1.807, 2.05) is 54.6 Å². The summed E-state index contributed by atoms with van der Waals surface area (Å²) in [5, 5.41) is 5.61. The molecule has 33 heavy (non-hydrogen) atoms. The van der Waals surface area contributed by atoms with Gasteiger partial charge in [0.2, 0.25) is 0 Å². The van der Waals surface area contributed by atoms with Crippen molar-refractivity contribution in [3.8, 4) is 22.6 Å². The van der Waals surface area contributed by atoms with E-state index in [4.69, 9.17) is 14.4 Å². The molecule has 0 radical (unpaired) electrons. The van der Waals surface area contributed by atoms with Gasteiger partial charge < -0.3 is 4.42 Å². The Morgan fingerprint density at radius 1 is 0.485 bits per heavy atom. The molecular weight excluding hydrogens is 404 g/mol. The smallest absolute Gasteiger partial charge is 0.160 e. The number of furan rings is 1. The minimum Gasteiger partial charge on any atom is -0.456 e. The van der Waals surface area contributed by atoms with E-state index in [9.17, 15) is 0 Å². The van der Waals surface area contributed by atoms with Gasteiger partial charge in [0.05, 0.1) is 11.2 Å². The largest absolute Gasteiger partial charge is 0.456 e. The van der Waals surface area contributed by atoms with Crippen LogP contribution < -0.4 is 0 Å². The van der Waals surface area contributed by atoms with Gasteiger partial charge in [0.25, 0.3) is 0 Å². The van der Waals surface area contributed by atoms with Crippen LogP contribution in [0.4, 0.5) is 0 Å². The minimum atomic E-state index is 0.721. The fourth-order valence-corrected chi connectivity index (χ4v) is 4.63. The highest BCUT2D eigenvalue weighted by molar-refractivity contribution is 6.10. The number of hydrogen-bond donors (Lipinski definition) is 0. The Kier molecular flexibility index (Phi) is 3.84. The summed E-state index contributed by atoms with van der Waals surface area (Å²) in [6, 6.07) is 37.4. The maximum Gasteiger partial charge on any atom is 0.160 e. The highest BCUT2D eigenvalue weighted by Crippen LogP contribution is 2.34. The first-order valence-electron chi connectivity index (χ1n) is 11.0. The summed E-state index contributed by atoms with van der Waals surface area (Å²) in [4.78, 5) is 9.91. The molecule has 2 aromatic heterocycles. The average molecular weight is 422 g/mol. The van der Waals surface area contributed by atoms with Crippen molar-refractivity contribution in [1.82, 2.24) is 9.97 Å². The van der Waals surface area contributed by atoms with Crippen LogP contribution in [0.3, 0.4) is 0 Å². The van der Waals surface area contributed by atoms with Crippen molar-refractivity contribution in [3.63, 3.8) is 0 Å². The van der Waals surface area contributed by atoms with Crippen molar-refractivity contribution < 1.29 is 4.42 Å². The topological polar surface area (TPSA) is 38.9 Å². The quantitative estimate of drug-likeness (QED) is 0.283. The molecule has 0 aliphatic carbocycles. The zero-order chi connectivity index (χ0) is 21.8. The molecule has 154 valence electrons. The molecule has 0 spiro atoms. The zero-order valence-corrected chi connectivity index (χ0v) is 17.7. The van der Waals surface area contributed by atoms with Crippen molar-refractivity contribution in [1.29, 1.82) is 0 Å². The second-order valence-electron chi connectivity index (χ2n) is 8.29. The minimum absolute atomic E-state index is 0.721. The summed E-state index contributed by atoms with van der Waals surface area (Å²) in [6.07, 6.45) is 0. The number of nitrogens with zero attached hydrogens (tertiary/aromatic N) is 2. The summed E-state index contributed by atoms with van der Waals surface area (Å²) in [6.45, 7) is 0. The molecule has 7 rings (SSSR count). The van der Waals surface area contributed by atoms with Gasteiger partial charge in [0.1, 0.15) is 11.2 Å². The average Bonchev–Trinajstić information content (AvgIpc) is 3.24. The third kappa shape index (κ3) is 2.90. The van der Waals surface area contributed by atoms with Gasteiger partial charge in [0.15, 0.2) is 5.82 Å². The van der Waals surface area contributed by atoms with Gasteiger partial charge in [-0.3, -0.25) is 0 Å². The summed E-state index contributed by atoms with van der Waals surface area (Å²) >= 11 is 0. The molecule has 0 saturated carbocycles. The Labute approximate surface area is 190 Å². The zero-order valence-electron chi connectivity index (χ0n) is 17.7. The van der Waals surface area contributed by atoms with Gasteiger partial charge in [0, 0.05) is 27.3 Å². The van der Waals surface area contributed by atoms with Crippen LogP contribution in [0.5, 0.6) is 0 Å². The van der Waals surface area contributed by atoms with Crippen LogP contribution in [-0.2, 0) is 0 Å².